The van der Waals surface area contributed by atoms with E-state index >= 15 is 0 Å². The Bertz CT molecular complexity index is 1010. The third kappa shape index (κ3) is 8.12. The molecular weight excluding hydrogens is 442 g/mol. The minimum absolute atomic E-state index is 0.0398. The maximum Gasteiger partial charge on any atom is 0.231 e. The molecule has 1 amide bonds. The Balaban J connectivity index is 1.67. The van der Waals surface area contributed by atoms with Crippen molar-refractivity contribution in [3.05, 3.63) is 59.7 Å². The molecule has 1 atom stereocenters. The monoisotopic (exact) mass is 479 g/mol. The lowest BCUT2D eigenvalue weighted by Crippen LogP contribution is -2.40. The Hall–Kier alpha value is -3.35. The highest BCUT2D eigenvalue weighted by atomic mass is 16.5. The summed E-state index contributed by atoms with van der Waals surface area (Å²) in [6.07, 6.45) is 5.53. The molecule has 0 heterocycles. The van der Waals surface area contributed by atoms with Crippen LogP contribution >= 0.6 is 0 Å². The summed E-state index contributed by atoms with van der Waals surface area (Å²) >= 11 is 0. The largest absolute Gasteiger partial charge is 0.493 e. The summed E-state index contributed by atoms with van der Waals surface area (Å²) in [6.45, 7) is 2.27. The van der Waals surface area contributed by atoms with Crippen molar-refractivity contribution in [1.29, 1.82) is 0 Å². The maximum absolute atomic E-state index is 13.2. The molecule has 7 heteroatoms. The first-order chi connectivity index (χ1) is 16.9. The number of guanidine groups is 1. The third-order valence-corrected chi connectivity index (χ3v) is 6.64. The molecular formula is C28H37N3O4. The van der Waals surface area contributed by atoms with E-state index < -0.39 is 6.04 Å². The first-order valence-corrected chi connectivity index (χ1v) is 12.3. The number of methoxy groups -OCH3 is 2. The van der Waals surface area contributed by atoms with Crippen molar-refractivity contribution >= 4 is 17.6 Å². The zero-order valence-electron chi connectivity index (χ0n) is 21.0. The first-order valence-electron chi connectivity index (χ1n) is 12.3. The molecule has 7 nitrogen and oxygen atoms in total. The molecule has 1 aliphatic rings. The molecule has 2 aromatic carbocycles. The second kappa shape index (κ2) is 12.9. The molecule has 1 fully saturated rings. The second-order valence-electron chi connectivity index (χ2n) is 9.43. The van der Waals surface area contributed by atoms with Crippen LogP contribution in [0.25, 0.3) is 0 Å². The number of nitrogens with one attached hydrogen (secondary N) is 1. The smallest absolute Gasteiger partial charge is 0.231 e. The van der Waals surface area contributed by atoms with Gasteiger partial charge in [0.1, 0.15) is 6.04 Å². The van der Waals surface area contributed by atoms with E-state index in [1.165, 1.54) is 12.8 Å². The predicted molar refractivity (Wildman–Crippen MR) is 138 cm³/mol. The summed E-state index contributed by atoms with van der Waals surface area (Å²) in [7, 11) is 3.10. The van der Waals surface area contributed by atoms with Gasteiger partial charge in [0.25, 0.3) is 0 Å². The minimum atomic E-state index is -0.627. The van der Waals surface area contributed by atoms with E-state index in [1.54, 1.807) is 32.4 Å². The summed E-state index contributed by atoms with van der Waals surface area (Å²) in [6, 6.07) is 14.4. The highest BCUT2D eigenvalue weighted by Gasteiger charge is 2.25. The number of ether oxygens (including phenoxy) is 2. The Morgan fingerprint density at radius 1 is 1.00 bits per heavy atom. The van der Waals surface area contributed by atoms with Crippen molar-refractivity contribution in [2.45, 2.75) is 57.9 Å². The number of Topliss-reactive ketones (excluding diaryl/α,β-unsaturated/α-hetero) is 1. The van der Waals surface area contributed by atoms with Gasteiger partial charge in [0.2, 0.25) is 5.91 Å². The number of aliphatic imine (C=N–C) groups is 1. The number of ketones is 1. The summed E-state index contributed by atoms with van der Waals surface area (Å²) in [5.41, 5.74) is 7.85. The number of nitrogens with zero attached hydrogens (tertiary/aromatic N) is 1. The number of rotatable bonds is 10. The number of carbonyl (C=O) groups excluding carboxylic acids is 2. The van der Waals surface area contributed by atoms with Crippen LogP contribution in [0.5, 0.6) is 11.5 Å². The van der Waals surface area contributed by atoms with Gasteiger partial charge in [-0.25, -0.2) is 4.99 Å². The van der Waals surface area contributed by atoms with Gasteiger partial charge < -0.3 is 15.2 Å². The van der Waals surface area contributed by atoms with E-state index in [-0.39, 0.29) is 24.1 Å². The maximum atomic E-state index is 13.2. The SMILES string of the molecule is COc1ccc(CC(=O)NC(N)=N[C@H](Cc2ccccc2)C(=O)CC2CCC(C)CC2)cc1OC. The van der Waals surface area contributed by atoms with Crippen LogP contribution in [0.1, 0.15) is 50.2 Å². The zero-order valence-corrected chi connectivity index (χ0v) is 21.0. The number of nitrogens with two attached hydrogens (primary N) is 1. The molecule has 0 aromatic heterocycles. The van der Waals surface area contributed by atoms with Crippen molar-refractivity contribution in [3.8, 4) is 11.5 Å². The predicted octanol–water partition coefficient (Wildman–Crippen LogP) is 4.07. The van der Waals surface area contributed by atoms with Gasteiger partial charge in [0.05, 0.1) is 20.6 Å². The molecule has 0 saturated heterocycles. The van der Waals surface area contributed by atoms with Crippen LogP contribution < -0.4 is 20.5 Å². The molecule has 3 rings (SSSR count). The fraction of sp³-hybridized carbons (Fsp3) is 0.464. The average molecular weight is 480 g/mol. The molecule has 35 heavy (non-hydrogen) atoms. The van der Waals surface area contributed by atoms with Crippen molar-refractivity contribution in [1.82, 2.24) is 5.32 Å². The van der Waals surface area contributed by atoms with Crippen molar-refractivity contribution in [3.63, 3.8) is 0 Å². The minimum Gasteiger partial charge on any atom is -0.493 e. The average Bonchev–Trinajstić information content (AvgIpc) is 2.85. The molecule has 0 radical (unpaired) electrons. The quantitative estimate of drug-likeness (QED) is 0.395. The van der Waals surface area contributed by atoms with Gasteiger partial charge in [-0.3, -0.25) is 14.9 Å². The number of amides is 1. The van der Waals surface area contributed by atoms with E-state index in [2.05, 4.69) is 17.2 Å². The Morgan fingerprint density at radius 3 is 2.34 bits per heavy atom. The summed E-state index contributed by atoms with van der Waals surface area (Å²) < 4.78 is 10.5. The van der Waals surface area contributed by atoms with Gasteiger partial charge >= 0.3 is 0 Å². The molecule has 188 valence electrons. The van der Waals surface area contributed by atoms with E-state index in [9.17, 15) is 9.59 Å². The number of hydrogen-bond donors (Lipinski definition) is 2. The standard InChI is InChI=1S/C28H37N3O4/c1-19-9-11-21(12-10-19)16-24(32)23(15-20-7-5-4-6-8-20)30-28(29)31-27(33)18-22-13-14-25(34-2)26(17-22)35-3/h4-8,13-14,17,19,21,23H,9-12,15-16,18H2,1-3H3,(H3,29,30,31,33)/t19?,21?,23-/m1/s1. The van der Waals surface area contributed by atoms with Gasteiger partial charge in [-0.05, 0) is 47.9 Å². The van der Waals surface area contributed by atoms with Gasteiger partial charge in [-0.2, -0.15) is 0 Å². The lowest BCUT2D eigenvalue weighted by Gasteiger charge is -2.26. The van der Waals surface area contributed by atoms with E-state index in [0.717, 1.165) is 29.9 Å². The van der Waals surface area contributed by atoms with Crippen LogP contribution in [0.15, 0.2) is 53.5 Å². The van der Waals surface area contributed by atoms with Crippen LogP contribution in [0.4, 0.5) is 0 Å². The third-order valence-electron chi connectivity index (χ3n) is 6.64. The lowest BCUT2D eigenvalue weighted by molar-refractivity contribution is -0.121. The fourth-order valence-electron chi connectivity index (χ4n) is 4.59. The van der Waals surface area contributed by atoms with Crippen molar-refractivity contribution < 1.29 is 19.1 Å². The lowest BCUT2D eigenvalue weighted by atomic mass is 9.80. The van der Waals surface area contributed by atoms with Crippen LogP contribution in [0, 0.1) is 11.8 Å². The Kier molecular flexibility index (Phi) is 9.70. The van der Waals surface area contributed by atoms with Crippen molar-refractivity contribution in [2.75, 3.05) is 14.2 Å². The highest BCUT2D eigenvalue weighted by molar-refractivity contribution is 5.98. The van der Waals surface area contributed by atoms with Crippen LogP contribution in [-0.4, -0.2) is 37.9 Å². The number of carbonyl (C=O) groups is 2. The van der Waals surface area contributed by atoms with Gasteiger partial charge in [0, 0.05) is 12.8 Å². The molecule has 2 aromatic rings. The topological polar surface area (TPSA) is 103 Å². The number of hydrogen-bond acceptors (Lipinski definition) is 5. The molecule has 1 saturated carbocycles. The van der Waals surface area contributed by atoms with Crippen molar-refractivity contribution in [2.24, 2.45) is 22.6 Å². The van der Waals surface area contributed by atoms with Gasteiger partial charge in [-0.1, -0.05) is 56.2 Å². The molecule has 0 unspecified atom stereocenters. The molecule has 0 aliphatic heterocycles. The summed E-state index contributed by atoms with van der Waals surface area (Å²) in [5, 5.41) is 2.64. The molecule has 0 bridgehead atoms. The summed E-state index contributed by atoms with van der Waals surface area (Å²) in [5.74, 6) is 1.99. The zero-order chi connectivity index (χ0) is 25.2. The second-order valence-corrected chi connectivity index (χ2v) is 9.43. The van der Waals surface area contributed by atoms with E-state index in [4.69, 9.17) is 15.2 Å². The fourth-order valence-corrected chi connectivity index (χ4v) is 4.59. The van der Waals surface area contributed by atoms with Gasteiger partial charge in [0.15, 0.2) is 23.2 Å². The highest BCUT2D eigenvalue weighted by Crippen LogP contribution is 2.31. The molecule has 1 aliphatic carbocycles. The van der Waals surface area contributed by atoms with Crippen LogP contribution in [0.2, 0.25) is 0 Å². The van der Waals surface area contributed by atoms with E-state index in [0.29, 0.717) is 30.3 Å². The van der Waals surface area contributed by atoms with Crippen LogP contribution in [-0.2, 0) is 22.4 Å². The normalized spacial score (nSPS) is 19.0. The Morgan fingerprint density at radius 2 is 1.69 bits per heavy atom. The van der Waals surface area contributed by atoms with Gasteiger partial charge in [-0.15, -0.1) is 0 Å². The Labute approximate surface area is 208 Å². The van der Waals surface area contributed by atoms with E-state index in [1.807, 2.05) is 30.3 Å². The van der Waals surface area contributed by atoms with Crippen LogP contribution in [0.3, 0.4) is 0 Å². The number of benzene rings is 2. The molecule has 3 N–H and O–H groups in total. The first kappa shape index (κ1) is 26.3. The summed E-state index contributed by atoms with van der Waals surface area (Å²) in [4.78, 5) is 30.3. The molecule has 0 spiro atoms.